The van der Waals surface area contributed by atoms with Gasteiger partial charge in [-0.05, 0) is 51.5 Å². The Labute approximate surface area is 121 Å². The van der Waals surface area contributed by atoms with Crippen molar-refractivity contribution in [3.63, 3.8) is 0 Å². The van der Waals surface area contributed by atoms with Crippen LogP contribution in [-0.2, 0) is 6.54 Å². The first-order valence-corrected chi connectivity index (χ1v) is 7.43. The second-order valence-corrected chi connectivity index (χ2v) is 5.97. The molecule has 1 fully saturated rings. The zero-order chi connectivity index (χ0) is 14.5. The molecule has 1 aliphatic rings. The van der Waals surface area contributed by atoms with Crippen LogP contribution in [0.5, 0.6) is 0 Å². The molecule has 1 heterocycles. The van der Waals surface area contributed by atoms with Gasteiger partial charge in [-0.2, -0.15) is 0 Å². The number of rotatable bonds is 5. The van der Waals surface area contributed by atoms with Crippen molar-refractivity contribution in [3.8, 4) is 0 Å². The molecule has 0 aromatic heterocycles. The van der Waals surface area contributed by atoms with E-state index in [0.717, 1.165) is 49.6 Å². The standard InChI is InChI=1S/C16H26FN3/c1-18-11-14-5-4-6-15(17)16(14)20-9-7-13(8-10-20)12-19(2)3/h4-6,13,18H,7-12H2,1-3H3. The highest BCUT2D eigenvalue weighted by molar-refractivity contribution is 5.55. The van der Waals surface area contributed by atoms with Crippen LogP contribution in [0.2, 0.25) is 0 Å². The van der Waals surface area contributed by atoms with Crippen molar-refractivity contribution in [3.05, 3.63) is 29.6 Å². The number of hydrogen-bond acceptors (Lipinski definition) is 3. The Morgan fingerprint density at radius 2 is 2.00 bits per heavy atom. The Morgan fingerprint density at radius 1 is 1.30 bits per heavy atom. The van der Waals surface area contributed by atoms with Crippen molar-refractivity contribution in [1.82, 2.24) is 10.2 Å². The molecule has 2 rings (SSSR count). The molecule has 0 aliphatic carbocycles. The molecule has 0 unspecified atom stereocenters. The lowest BCUT2D eigenvalue weighted by Crippen LogP contribution is -2.38. The number of hydrogen-bond donors (Lipinski definition) is 1. The van der Waals surface area contributed by atoms with Gasteiger partial charge in [-0.15, -0.1) is 0 Å². The van der Waals surface area contributed by atoms with Crippen LogP contribution in [0, 0.1) is 11.7 Å². The van der Waals surface area contributed by atoms with E-state index in [1.165, 1.54) is 0 Å². The van der Waals surface area contributed by atoms with Gasteiger partial charge in [-0.25, -0.2) is 4.39 Å². The van der Waals surface area contributed by atoms with Crippen molar-refractivity contribution in [1.29, 1.82) is 0 Å². The first kappa shape index (κ1) is 15.3. The van der Waals surface area contributed by atoms with Gasteiger partial charge in [0.05, 0.1) is 5.69 Å². The van der Waals surface area contributed by atoms with Gasteiger partial charge in [0.15, 0.2) is 0 Å². The Balaban J connectivity index is 2.06. The molecule has 20 heavy (non-hydrogen) atoms. The maximum Gasteiger partial charge on any atom is 0.146 e. The fourth-order valence-electron chi connectivity index (χ4n) is 3.10. The van der Waals surface area contributed by atoms with Gasteiger partial charge in [-0.3, -0.25) is 0 Å². The summed E-state index contributed by atoms with van der Waals surface area (Å²) in [5.41, 5.74) is 1.85. The summed E-state index contributed by atoms with van der Waals surface area (Å²) in [7, 11) is 6.14. The molecule has 1 aliphatic heterocycles. The summed E-state index contributed by atoms with van der Waals surface area (Å²) >= 11 is 0. The van der Waals surface area contributed by atoms with E-state index in [1.807, 2.05) is 13.1 Å². The van der Waals surface area contributed by atoms with Gasteiger partial charge in [0.1, 0.15) is 5.82 Å². The summed E-state index contributed by atoms with van der Waals surface area (Å²) in [6, 6.07) is 5.38. The van der Waals surface area contributed by atoms with Crippen molar-refractivity contribution in [2.45, 2.75) is 19.4 Å². The van der Waals surface area contributed by atoms with E-state index in [1.54, 1.807) is 12.1 Å². The normalized spacial score (nSPS) is 16.9. The number of benzene rings is 1. The predicted molar refractivity (Wildman–Crippen MR) is 82.7 cm³/mol. The van der Waals surface area contributed by atoms with Crippen LogP contribution in [0.25, 0.3) is 0 Å². The third-order valence-electron chi connectivity index (χ3n) is 3.99. The molecule has 0 radical (unpaired) electrons. The van der Waals surface area contributed by atoms with Gasteiger partial charge in [0.25, 0.3) is 0 Å². The Hall–Kier alpha value is -1.13. The molecule has 0 spiro atoms. The molecule has 0 amide bonds. The molecule has 0 atom stereocenters. The number of piperidine rings is 1. The van der Waals surface area contributed by atoms with E-state index in [4.69, 9.17) is 0 Å². The Kier molecular flexibility index (Phi) is 5.38. The van der Waals surface area contributed by atoms with E-state index < -0.39 is 0 Å². The number of anilines is 1. The molecule has 112 valence electrons. The maximum atomic E-state index is 14.2. The lowest BCUT2D eigenvalue weighted by atomic mass is 9.95. The second-order valence-electron chi connectivity index (χ2n) is 5.97. The highest BCUT2D eigenvalue weighted by Gasteiger charge is 2.23. The van der Waals surface area contributed by atoms with E-state index >= 15 is 0 Å². The number of nitrogens with one attached hydrogen (secondary N) is 1. The first-order chi connectivity index (χ1) is 9.61. The molecule has 4 heteroatoms. The Bertz CT molecular complexity index is 426. The van der Waals surface area contributed by atoms with Crippen LogP contribution >= 0.6 is 0 Å². The third kappa shape index (κ3) is 3.70. The lowest BCUT2D eigenvalue weighted by Gasteiger charge is -2.35. The van der Waals surface area contributed by atoms with Gasteiger partial charge in [0.2, 0.25) is 0 Å². The van der Waals surface area contributed by atoms with Gasteiger partial charge in [-0.1, -0.05) is 12.1 Å². The molecule has 0 saturated carbocycles. The summed E-state index contributed by atoms with van der Waals surface area (Å²) in [6.45, 7) is 3.76. The van der Waals surface area contributed by atoms with Crippen molar-refractivity contribution in [2.75, 3.05) is 45.7 Å². The average molecular weight is 279 g/mol. The average Bonchev–Trinajstić information content (AvgIpc) is 2.40. The van der Waals surface area contributed by atoms with Crippen LogP contribution in [0.1, 0.15) is 18.4 Å². The number of nitrogens with zero attached hydrogens (tertiary/aromatic N) is 2. The highest BCUT2D eigenvalue weighted by Crippen LogP contribution is 2.29. The summed E-state index contributed by atoms with van der Waals surface area (Å²) in [4.78, 5) is 4.46. The number of para-hydroxylation sites is 1. The predicted octanol–water partition coefficient (Wildman–Crippen LogP) is 2.32. The summed E-state index contributed by atoms with van der Waals surface area (Å²) in [5, 5.41) is 3.13. The molecule has 1 saturated heterocycles. The molecular formula is C16H26FN3. The summed E-state index contributed by atoms with van der Waals surface area (Å²) < 4.78 is 14.2. The third-order valence-corrected chi connectivity index (χ3v) is 3.99. The molecule has 1 aromatic carbocycles. The minimum atomic E-state index is -0.0937. The zero-order valence-corrected chi connectivity index (χ0v) is 12.8. The fourth-order valence-corrected chi connectivity index (χ4v) is 3.10. The second kappa shape index (κ2) is 7.04. The van der Waals surface area contributed by atoms with E-state index in [0.29, 0.717) is 6.54 Å². The summed E-state index contributed by atoms with van der Waals surface area (Å²) in [6.07, 6.45) is 2.29. The monoisotopic (exact) mass is 279 g/mol. The van der Waals surface area contributed by atoms with Crippen LogP contribution in [0.15, 0.2) is 18.2 Å². The van der Waals surface area contributed by atoms with Crippen LogP contribution in [0.3, 0.4) is 0 Å². The van der Waals surface area contributed by atoms with E-state index in [-0.39, 0.29) is 5.82 Å². The smallest absolute Gasteiger partial charge is 0.146 e. The van der Waals surface area contributed by atoms with Crippen molar-refractivity contribution < 1.29 is 4.39 Å². The van der Waals surface area contributed by atoms with Gasteiger partial charge < -0.3 is 15.1 Å². The lowest BCUT2D eigenvalue weighted by molar-refractivity contribution is 0.284. The molecule has 0 bridgehead atoms. The van der Waals surface area contributed by atoms with Gasteiger partial charge in [0, 0.05) is 26.2 Å². The molecule has 3 nitrogen and oxygen atoms in total. The van der Waals surface area contributed by atoms with E-state index in [9.17, 15) is 4.39 Å². The SMILES string of the molecule is CNCc1cccc(F)c1N1CCC(CN(C)C)CC1. The minimum Gasteiger partial charge on any atom is -0.369 e. The van der Waals surface area contributed by atoms with E-state index in [2.05, 4.69) is 29.2 Å². The van der Waals surface area contributed by atoms with Crippen LogP contribution in [-0.4, -0.2) is 45.7 Å². The topological polar surface area (TPSA) is 18.5 Å². The highest BCUT2D eigenvalue weighted by atomic mass is 19.1. The van der Waals surface area contributed by atoms with Crippen molar-refractivity contribution >= 4 is 5.69 Å². The zero-order valence-electron chi connectivity index (χ0n) is 12.8. The molecular weight excluding hydrogens is 253 g/mol. The maximum absolute atomic E-state index is 14.2. The van der Waals surface area contributed by atoms with Gasteiger partial charge >= 0.3 is 0 Å². The largest absolute Gasteiger partial charge is 0.369 e. The summed E-state index contributed by atoms with van der Waals surface area (Å²) in [5.74, 6) is 0.643. The van der Waals surface area contributed by atoms with Crippen LogP contribution in [0.4, 0.5) is 10.1 Å². The molecule has 1 aromatic rings. The van der Waals surface area contributed by atoms with Crippen molar-refractivity contribution in [2.24, 2.45) is 5.92 Å². The molecule has 1 N–H and O–H groups in total. The quantitative estimate of drug-likeness (QED) is 0.892. The first-order valence-electron chi connectivity index (χ1n) is 7.43. The minimum absolute atomic E-state index is 0.0937. The number of halogens is 1. The Morgan fingerprint density at radius 3 is 2.60 bits per heavy atom. The van der Waals surface area contributed by atoms with Crippen LogP contribution < -0.4 is 10.2 Å². The fraction of sp³-hybridized carbons (Fsp3) is 0.625.